The van der Waals surface area contributed by atoms with Crippen molar-refractivity contribution in [1.29, 1.82) is 0 Å². The number of nitrogens with zero attached hydrogens (tertiary/aromatic N) is 1. The fourth-order valence-electron chi connectivity index (χ4n) is 4.37. The molecule has 38 heavy (non-hydrogen) atoms. The molecule has 3 aromatic rings. The lowest BCUT2D eigenvalue weighted by Crippen LogP contribution is -2.43. The van der Waals surface area contributed by atoms with Gasteiger partial charge in [0, 0.05) is 18.8 Å². The molecule has 1 heterocycles. The van der Waals surface area contributed by atoms with Crippen LogP contribution in [0.5, 0.6) is 5.75 Å². The largest absolute Gasteiger partial charge is 0.497 e. The van der Waals surface area contributed by atoms with Crippen molar-refractivity contribution < 1.29 is 26.4 Å². The van der Waals surface area contributed by atoms with E-state index in [0.717, 1.165) is 11.1 Å². The number of sulfonamides is 2. The number of amides is 1. The van der Waals surface area contributed by atoms with Crippen molar-refractivity contribution in [3.8, 4) is 5.75 Å². The first-order valence-corrected chi connectivity index (χ1v) is 15.1. The summed E-state index contributed by atoms with van der Waals surface area (Å²) in [5.41, 5.74) is 2.77. The van der Waals surface area contributed by atoms with Gasteiger partial charge >= 0.3 is 0 Å². The molecule has 0 unspecified atom stereocenters. The second kappa shape index (κ2) is 11.1. The van der Waals surface area contributed by atoms with Crippen molar-refractivity contribution >= 4 is 37.3 Å². The van der Waals surface area contributed by atoms with Gasteiger partial charge in [0.05, 0.1) is 28.5 Å². The van der Waals surface area contributed by atoms with Crippen LogP contribution in [-0.2, 0) is 24.8 Å². The maximum absolute atomic E-state index is 13.1. The van der Waals surface area contributed by atoms with Crippen LogP contribution in [0.15, 0.2) is 76.5 Å². The van der Waals surface area contributed by atoms with Crippen molar-refractivity contribution in [3.05, 3.63) is 77.9 Å². The van der Waals surface area contributed by atoms with Crippen LogP contribution in [0.1, 0.15) is 24.0 Å². The van der Waals surface area contributed by atoms with Crippen molar-refractivity contribution in [3.63, 3.8) is 0 Å². The summed E-state index contributed by atoms with van der Waals surface area (Å²) < 4.78 is 60.9. The van der Waals surface area contributed by atoms with Gasteiger partial charge < -0.3 is 10.1 Å². The lowest BCUT2D eigenvalue weighted by Gasteiger charge is -2.31. The number of aryl methyl sites for hydroxylation is 2. The third kappa shape index (κ3) is 6.17. The van der Waals surface area contributed by atoms with Crippen LogP contribution in [0.3, 0.4) is 0 Å². The third-order valence-corrected chi connectivity index (χ3v) is 9.77. The number of carbonyl (C=O) groups is 1. The molecule has 1 fully saturated rings. The van der Waals surface area contributed by atoms with E-state index in [1.54, 1.807) is 18.2 Å². The predicted octanol–water partition coefficient (Wildman–Crippen LogP) is 4.15. The second-order valence-corrected chi connectivity index (χ2v) is 12.9. The van der Waals surface area contributed by atoms with Crippen LogP contribution in [-0.4, -0.2) is 47.2 Å². The molecule has 9 nitrogen and oxygen atoms in total. The first-order valence-electron chi connectivity index (χ1n) is 12.1. The number of ether oxygens (including phenoxy) is 1. The number of rotatable bonds is 8. The average Bonchev–Trinajstić information content (AvgIpc) is 2.90. The molecular formula is C27H31N3O6S2. The fraction of sp³-hybridized carbons (Fsp3) is 0.296. The van der Waals surface area contributed by atoms with Crippen molar-refractivity contribution in [2.75, 3.05) is 30.2 Å². The predicted molar refractivity (Wildman–Crippen MR) is 146 cm³/mol. The molecule has 4 rings (SSSR count). The van der Waals surface area contributed by atoms with Crippen LogP contribution < -0.4 is 14.8 Å². The summed E-state index contributed by atoms with van der Waals surface area (Å²) in [4.78, 5) is 13.2. The Morgan fingerprint density at radius 2 is 1.58 bits per heavy atom. The minimum absolute atomic E-state index is 0.0601. The molecule has 0 aliphatic carbocycles. The quantitative estimate of drug-likeness (QED) is 0.429. The highest BCUT2D eigenvalue weighted by Crippen LogP contribution is 2.27. The first kappa shape index (κ1) is 27.6. The minimum Gasteiger partial charge on any atom is -0.497 e. The van der Waals surface area contributed by atoms with Gasteiger partial charge in [0.1, 0.15) is 5.75 Å². The molecule has 0 radical (unpaired) electrons. The van der Waals surface area contributed by atoms with Crippen molar-refractivity contribution in [1.82, 2.24) is 4.31 Å². The SMILES string of the molecule is COc1ccc(S(=O)(=O)N2CCC[C@H](C(=O)Nc3ccc(S(=O)(=O)Nc4ccc(C)cc4C)cc3)C2)cc1. The van der Waals surface area contributed by atoms with Gasteiger partial charge in [-0.25, -0.2) is 16.8 Å². The zero-order valence-corrected chi connectivity index (χ0v) is 23.1. The van der Waals surface area contributed by atoms with E-state index in [2.05, 4.69) is 10.0 Å². The molecule has 11 heteroatoms. The summed E-state index contributed by atoms with van der Waals surface area (Å²) in [6.07, 6.45) is 1.10. The first-order chi connectivity index (χ1) is 18.0. The maximum atomic E-state index is 13.1. The standard InChI is InChI=1S/C27H31N3O6S2/c1-19-6-15-26(20(2)17-19)29-37(32,33)24-11-7-22(8-12-24)28-27(31)21-5-4-16-30(18-21)38(34,35)25-13-9-23(36-3)10-14-25/h6-15,17,21,29H,4-5,16,18H2,1-3H3,(H,28,31)/t21-/m0/s1. The van der Waals surface area contributed by atoms with Crippen LogP contribution in [0.4, 0.5) is 11.4 Å². The second-order valence-electron chi connectivity index (χ2n) is 9.32. The molecule has 202 valence electrons. The highest BCUT2D eigenvalue weighted by molar-refractivity contribution is 7.92. The summed E-state index contributed by atoms with van der Waals surface area (Å²) in [6.45, 7) is 4.16. The number of carbonyl (C=O) groups excluding carboxylic acids is 1. The molecule has 1 amide bonds. The lowest BCUT2D eigenvalue weighted by molar-refractivity contribution is -0.120. The lowest BCUT2D eigenvalue weighted by atomic mass is 9.99. The van der Waals surface area contributed by atoms with Crippen LogP contribution in [0.2, 0.25) is 0 Å². The Bertz CT molecular complexity index is 1520. The number of anilines is 2. The maximum Gasteiger partial charge on any atom is 0.261 e. The molecule has 1 aliphatic heterocycles. The zero-order valence-electron chi connectivity index (χ0n) is 21.5. The Balaban J connectivity index is 1.41. The molecule has 0 spiro atoms. The number of benzene rings is 3. The molecule has 1 atom stereocenters. The van der Waals surface area contributed by atoms with Crippen molar-refractivity contribution in [2.24, 2.45) is 5.92 Å². The monoisotopic (exact) mass is 557 g/mol. The van der Waals surface area contributed by atoms with Gasteiger partial charge in [0.2, 0.25) is 15.9 Å². The molecule has 2 N–H and O–H groups in total. The summed E-state index contributed by atoms with van der Waals surface area (Å²) in [6, 6.07) is 17.5. The van der Waals surface area contributed by atoms with E-state index < -0.39 is 26.0 Å². The van der Waals surface area contributed by atoms with E-state index in [0.29, 0.717) is 36.5 Å². The van der Waals surface area contributed by atoms with E-state index in [-0.39, 0.29) is 22.2 Å². The van der Waals surface area contributed by atoms with Gasteiger partial charge in [-0.2, -0.15) is 4.31 Å². The Morgan fingerprint density at radius 1 is 0.921 bits per heavy atom. The Hall–Kier alpha value is -3.41. The van der Waals surface area contributed by atoms with Gasteiger partial charge in [-0.3, -0.25) is 9.52 Å². The minimum atomic E-state index is -3.81. The number of hydrogen-bond donors (Lipinski definition) is 2. The Morgan fingerprint density at radius 3 is 2.21 bits per heavy atom. The highest BCUT2D eigenvalue weighted by atomic mass is 32.2. The summed E-state index contributed by atoms with van der Waals surface area (Å²) >= 11 is 0. The molecule has 0 saturated carbocycles. The van der Waals surface area contributed by atoms with E-state index in [1.165, 1.54) is 47.8 Å². The van der Waals surface area contributed by atoms with Crippen LogP contribution >= 0.6 is 0 Å². The molecular weight excluding hydrogens is 526 g/mol. The average molecular weight is 558 g/mol. The zero-order chi connectivity index (χ0) is 27.5. The van der Waals surface area contributed by atoms with Gasteiger partial charge in [-0.1, -0.05) is 17.7 Å². The highest BCUT2D eigenvalue weighted by Gasteiger charge is 2.33. The summed E-state index contributed by atoms with van der Waals surface area (Å²) in [5, 5.41) is 2.79. The number of piperidine rings is 1. The van der Waals surface area contributed by atoms with Gasteiger partial charge in [0.25, 0.3) is 10.0 Å². The third-order valence-electron chi connectivity index (χ3n) is 6.51. The molecule has 0 bridgehead atoms. The fourth-order valence-corrected chi connectivity index (χ4v) is 7.02. The van der Waals surface area contributed by atoms with Crippen LogP contribution in [0, 0.1) is 19.8 Å². The molecule has 0 aromatic heterocycles. The smallest absolute Gasteiger partial charge is 0.261 e. The molecule has 1 aliphatic rings. The van der Waals surface area contributed by atoms with Crippen molar-refractivity contribution in [2.45, 2.75) is 36.5 Å². The van der Waals surface area contributed by atoms with E-state index in [1.807, 2.05) is 26.0 Å². The topological polar surface area (TPSA) is 122 Å². The number of hydrogen-bond acceptors (Lipinski definition) is 6. The molecule has 3 aromatic carbocycles. The summed E-state index contributed by atoms with van der Waals surface area (Å²) in [7, 11) is -6.06. The Labute approximate surface area is 223 Å². The van der Waals surface area contributed by atoms with Gasteiger partial charge in [0.15, 0.2) is 0 Å². The molecule has 1 saturated heterocycles. The summed E-state index contributed by atoms with van der Waals surface area (Å²) in [5.74, 6) is -0.297. The van der Waals surface area contributed by atoms with E-state index in [4.69, 9.17) is 4.74 Å². The normalized spacial score (nSPS) is 16.6. The van der Waals surface area contributed by atoms with Crippen LogP contribution in [0.25, 0.3) is 0 Å². The van der Waals surface area contributed by atoms with E-state index in [9.17, 15) is 21.6 Å². The number of methoxy groups -OCH3 is 1. The van der Waals surface area contributed by atoms with Gasteiger partial charge in [-0.05, 0) is 86.8 Å². The van der Waals surface area contributed by atoms with Gasteiger partial charge in [-0.15, -0.1) is 0 Å². The van der Waals surface area contributed by atoms with E-state index >= 15 is 0 Å². The Kier molecular flexibility index (Phi) is 8.10. The number of nitrogens with one attached hydrogen (secondary N) is 2.